The number of carbonyl (C=O) groups is 3. The number of methoxy groups -OCH3 is 1. The van der Waals surface area contributed by atoms with Crippen LogP contribution in [0.4, 0.5) is 0 Å². The van der Waals surface area contributed by atoms with E-state index in [0.29, 0.717) is 30.8 Å². The smallest absolute Gasteiger partial charge is 0.350 e. The summed E-state index contributed by atoms with van der Waals surface area (Å²) in [5, 5.41) is 13.1. The molecule has 8 heteroatoms. The van der Waals surface area contributed by atoms with Crippen LogP contribution in [0.15, 0.2) is 59.0 Å². The number of aliphatic hydroxyl groups is 1. The molecule has 168 valence electrons. The Morgan fingerprint density at radius 3 is 2.56 bits per heavy atom. The van der Waals surface area contributed by atoms with Crippen molar-refractivity contribution in [1.82, 2.24) is 5.32 Å². The van der Waals surface area contributed by atoms with E-state index >= 15 is 0 Å². The van der Waals surface area contributed by atoms with Crippen LogP contribution in [-0.4, -0.2) is 54.1 Å². The van der Waals surface area contributed by atoms with E-state index in [1.165, 1.54) is 6.07 Å². The zero-order valence-corrected chi connectivity index (χ0v) is 18.1. The van der Waals surface area contributed by atoms with Gasteiger partial charge in [0.2, 0.25) is 5.78 Å². The summed E-state index contributed by atoms with van der Waals surface area (Å²) < 4.78 is 10.6. The molecule has 0 amide bonds. The minimum atomic E-state index is -2.01. The predicted molar refractivity (Wildman–Crippen MR) is 116 cm³/mol. The number of esters is 1. The van der Waals surface area contributed by atoms with Crippen molar-refractivity contribution in [1.29, 1.82) is 0 Å². The molecule has 32 heavy (non-hydrogen) atoms. The van der Waals surface area contributed by atoms with Gasteiger partial charge in [-0.2, -0.15) is 0 Å². The molecule has 3 aliphatic rings. The van der Waals surface area contributed by atoms with Gasteiger partial charge in [-0.3, -0.25) is 9.59 Å². The zero-order valence-electron chi connectivity index (χ0n) is 18.1. The van der Waals surface area contributed by atoms with E-state index in [9.17, 15) is 19.5 Å². The fourth-order valence-electron chi connectivity index (χ4n) is 4.58. The second-order valence-electron chi connectivity index (χ2n) is 8.28. The van der Waals surface area contributed by atoms with Crippen LogP contribution in [0.5, 0.6) is 0 Å². The molecule has 1 fully saturated rings. The lowest BCUT2D eigenvalue weighted by atomic mass is 9.71. The van der Waals surface area contributed by atoms with Crippen LogP contribution < -0.4 is 11.1 Å². The molecule has 0 radical (unpaired) electrons. The minimum Gasteiger partial charge on any atom is -0.466 e. The van der Waals surface area contributed by atoms with Crippen molar-refractivity contribution in [2.24, 2.45) is 5.73 Å². The molecule has 1 aromatic rings. The monoisotopic (exact) mass is 438 g/mol. The van der Waals surface area contributed by atoms with Gasteiger partial charge in [-0.25, -0.2) is 4.79 Å². The van der Waals surface area contributed by atoms with Crippen LogP contribution in [0.25, 0.3) is 0 Å². The highest BCUT2D eigenvalue weighted by Gasteiger charge is 2.85. The van der Waals surface area contributed by atoms with Crippen molar-refractivity contribution in [2.75, 3.05) is 20.3 Å². The lowest BCUT2D eigenvalue weighted by molar-refractivity contribution is -0.145. The first kappa shape index (κ1) is 22.0. The maximum Gasteiger partial charge on any atom is 0.350 e. The molecule has 0 bridgehead atoms. The quantitative estimate of drug-likeness (QED) is 0.253. The van der Waals surface area contributed by atoms with Gasteiger partial charge >= 0.3 is 5.97 Å². The second-order valence-corrected chi connectivity index (χ2v) is 8.28. The highest BCUT2D eigenvalue weighted by Crippen LogP contribution is 2.59. The molecule has 0 aromatic heterocycles. The molecule has 2 atom stereocenters. The first-order valence-corrected chi connectivity index (χ1v) is 10.5. The van der Waals surface area contributed by atoms with Crippen molar-refractivity contribution < 1.29 is 29.0 Å². The van der Waals surface area contributed by atoms with Crippen molar-refractivity contribution in [3.63, 3.8) is 0 Å². The van der Waals surface area contributed by atoms with E-state index in [1.54, 1.807) is 18.2 Å². The summed E-state index contributed by atoms with van der Waals surface area (Å²) in [4.78, 5) is 39.4. The predicted octanol–water partition coefficient (Wildman–Crippen LogP) is 1.56. The van der Waals surface area contributed by atoms with Crippen molar-refractivity contribution >= 4 is 17.5 Å². The Hall–Kier alpha value is -3.23. The number of Topliss-reactive ketones (excluding diaryl/α,β-unsaturated/α-hetero) is 2. The molecule has 2 heterocycles. The van der Waals surface area contributed by atoms with Gasteiger partial charge in [-0.1, -0.05) is 35.9 Å². The molecule has 0 saturated carbocycles. The number of rotatable bonds is 7. The Labute approximate surface area is 185 Å². The van der Waals surface area contributed by atoms with Crippen LogP contribution in [-0.2, 0) is 14.3 Å². The number of hydrogen-bond donors (Lipinski definition) is 3. The molecule has 1 aliphatic carbocycles. The fraction of sp³-hybridized carbons (Fsp3) is 0.375. The standard InChI is InChI=1S/C24H26N2O6/c1-14(7-8-15-9-10-26-19(25)11-15)16(13-27)12-23-20(28)17-5-3-4-6-18(17)21(29)24(23,32-23)22(30)31-2/h3-6,9,11,26-27H,7-8,10,12-13,25H2,1-2H3/b16-14-/t23-,24-/m0/s1. The number of ketones is 2. The number of hydrogen-bond acceptors (Lipinski definition) is 8. The summed E-state index contributed by atoms with van der Waals surface area (Å²) in [6, 6.07) is 6.34. The van der Waals surface area contributed by atoms with E-state index in [2.05, 4.69) is 5.32 Å². The number of allylic oxidation sites excluding steroid dienone is 3. The van der Waals surface area contributed by atoms with Crippen LogP contribution in [0.2, 0.25) is 0 Å². The van der Waals surface area contributed by atoms with Gasteiger partial charge in [0.1, 0.15) is 0 Å². The van der Waals surface area contributed by atoms with Gasteiger partial charge in [0.15, 0.2) is 11.4 Å². The molecule has 1 aromatic carbocycles. The molecule has 4 N–H and O–H groups in total. The topological polar surface area (TPSA) is 131 Å². The van der Waals surface area contributed by atoms with Crippen LogP contribution in [0.1, 0.15) is 46.9 Å². The fourth-order valence-corrected chi connectivity index (χ4v) is 4.58. The van der Waals surface area contributed by atoms with E-state index in [4.69, 9.17) is 15.2 Å². The number of aliphatic hydroxyl groups excluding tert-OH is 1. The van der Waals surface area contributed by atoms with Crippen molar-refractivity contribution in [2.45, 2.75) is 37.4 Å². The third kappa shape index (κ3) is 3.18. The first-order valence-electron chi connectivity index (χ1n) is 10.5. The molecule has 4 rings (SSSR count). The number of carbonyl (C=O) groups excluding carboxylic acids is 3. The Morgan fingerprint density at radius 1 is 1.25 bits per heavy atom. The van der Waals surface area contributed by atoms with Crippen LogP contribution in [0.3, 0.4) is 0 Å². The number of epoxide rings is 1. The Morgan fingerprint density at radius 2 is 1.94 bits per heavy atom. The normalized spacial score (nSPS) is 26.7. The zero-order chi connectivity index (χ0) is 23.1. The molecule has 0 spiro atoms. The molecule has 0 unspecified atom stereocenters. The highest BCUT2D eigenvalue weighted by atomic mass is 16.7. The maximum atomic E-state index is 13.4. The number of nitrogens with two attached hydrogens (primary N) is 1. The van der Waals surface area contributed by atoms with Gasteiger partial charge < -0.3 is 25.6 Å². The van der Waals surface area contributed by atoms with Crippen LogP contribution >= 0.6 is 0 Å². The van der Waals surface area contributed by atoms with Crippen LogP contribution in [0, 0.1) is 0 Å². The lowest BCUT2D eigenvalue weighted by Gasteiger charge is -2.24. The third-order valence-corrected chi connectivity index (χ3v) is 6.49. The number of benzene rings is 1. The number of ether oxygens (including phenoxy) is 2. The molecule has 2 aliphatic heterocycles. The minimum absolute atomic E-state index is 0.0675. The third-order valence-electron chi connectivity index (χ3n) is 6.49. The second kappa shape index (κ2) is 8.03. The Balaban J connectivity index is 1.66. The van der Waals surface area contributed by atoms with Gasteiger partial charge in [0, 0.05) is 24.1 Å². The molecule has 8 nitrogen and oxygen atoms in total. The van der Waals surface area contributed by atoms with Crippen molar-refractivity contribution in [3.05, 3.63) is 70.1 Å². The average molecular weight is 438 g/mol. The lowest BCUT2D eigenvalue weighted by Crippen LogP contribution is -2.50. The number of nitrogens with one attached hydrogen (secondary N) is 1. The van der Waals surface area contributed by atoms with Gasteiger partial charge in [-0.15, -0.1) is 0 Å². The van der Waals surface area contributed by atoms with Gasteiger partial charge in [-0.05, 0) is 37.0 Å². The van der Waals surface area contributed by atoms with E-state index < -0.39 is 28.7 Å². The first-order chi connectivity index (χ1) is 15.3. The average Bonchev–Trinajstić information content (AvgIpc) is 3.50. The van der Waals surface area contributed by atoms with Gasteiger partial charge in [0.25, 0.3) is 5.60 Å². The highest BCUT2D eigenvalue weighted by molar-refractivity contribution is 6.32. The maximum absolute atomic E-state index is 13.4. The molecular weight excluding hydrogens is 412 g/mol. The SMILES string of the molecule is COC(=O)[C@]12O[C@@]1(C/C(CO)=C(\C)CCC1=CCNC(N)=C1)C(=O)c1ccccc1C2=O. The summed E-state index contributed by atoms with van der Waals surface area (Å²) in [5.41, 5.74) is 4.95. The summed E-state index contributed by atoms with van der Waals surface area (Å²) in [6.45, 7) is 2.19. The summed E-state index contributed by atoms with van der Waals surface area (Å²) in [7, 11) is 1.15. The number of fused-ring (bicyclic) bond motifs is 2. The van der Waals surface area contributed by atoms with E-state index in [1.807, 2.05) is 19.1 Å². The summed E-state index contributed by atoms with van der Waals surface area (Å²) in [5.74, 6) is -1.34. The molecular formula is C24H26N2O6. The Kier molecular flexibility index (Phi) is 5.52. The number of dihydropyridines is 1. The summed E-state index contributed by atoms with van der Waals surface area (Å²) in [6.07, 6.45) is 5.14. The van der Waals surface area contributed by atoms with Crippen molar-refractivity contribution in [3.8, 4) is 0 Å². The Bertz CT molecular complexity index is 1100. The largest absolute Gasteiger partial charge is 0.466 e. The van der Waals surface area contributed by atoms with E-state index in [0.717, 1.165) is 18.3 Å². The van der Waals surface area contributed by atoms with E-state index in [-0.39, 0.29) is 24.2 Å². The van der Waals surface area contributed by atoms with Gasteiger partial charge in [0.05, 0.1) is 19.5 Å². The molecule has 1 saturated heterocycles. The summed E-state index contributed by atoms with van der Waals surface area (Å²) >= 11 is 0.